The molecule has 2 aromatic rings. The second-order valence-corrected chi connectivity index (χ2v) is 5.66. The topological polar surface area (TPSA) is 41.1 Å². The lowest BCUT2D eigenvalue weighted by Crippen LogP contribution is -2.21. The summed E-state index contributed by atoms with van der Waals surface area (Å²) >= 11 is 1.72. The van der Waals surface area contributed by atoms with Gasteiger partial charge in [-0.25, -0.2) is 9.97 Å². The number of nitrogens with one attached hydrogen (secondary N) is 1. The molecule has 0 aromatic carbocycles. The van der Waals surface area contributed by atoms with Crippen molar-refractivity contribution in [3.05, 3.63) is 16.8 Å². The number of hydrogen-bond donors (Lipinski definition) is 1. The first-order chi connectivity index (χ1) is 8.06. The summed E-state index contributed by atoms with van der Waals surface area (Å²) in [5.41, 5.74) is 0. The minimum absolute atomic E-state index is 0.826. The van der Waals surface area contributed by atoms with Crippen LogP contribution < -0.4 is 5.32 Å². The number of fused-ring (bicyclic) bond motifs is 1. The minimum Gasteiger partial charge on any atom is -0.368 e. The smallest absolute Gasteiger partial charge is 0.138 e. The second kappa shape index (κ2) is 4.98. The van der Waals surface area contributed by atoms with Gasteiger partial charge in [0.25, 0.3) is 0 Å². The van der Waals surface area contributed by atoms with Gasteiger partial charge in [-0.15, -0.1) is 11.3 Å². The maximum absolute atomic E-state index is 4.48. The van der Waals surface area contributed by atoms with Crippen molar-refractivity contribution in [2.45, 2.75) is 13.8 Å². The van der Waals surface area contributed by atoms with Crippen LogP contribution in [0.25, 0.3) is 10.2 Å². The summed E-state index contributed by atoms with van der Waals surface area (Å²) in [6, 6.07) is 2.15. The van der Waals surface area contributed by atoms with Crippen molar-refractivity contribution in [1.82, 2.24) is 14.9 Å². The van der Waals surface area contributed by atoms with Gasteiger partial charge in [-0.1, -0.05) is 0 Å². The van der Waals surface area contributed by atoms with Gasteiger partial charge in [-0.3, -0.25) is 0 Å². The molecule has 0 atom stereocenters. The van der Waals surface area contributed by atoms with E-state index < -0.39 is 0 Å². The van der Waals surface area contributed by atoms with Gasteiger partial charge in [0.05, 0.1) is 5.39 Å². The number of likely N-dealkylation sites (N-methyl/N-ethyl adjacent to an activating group) is 1. The molecule has 0 unspecified atom stereocenters. The van der Waals surface area contributed by atoms with Crippen LogP contribution in [0.5, 0.6) is 0 Å². The highest BCUT2D eigenvalue weighted by Crippen LogP contribution is 2.28. The van der Waals surface area contributed by atoms with Gasteiger partial charge < -0.3 is 10.2 Å². The fourth-order valence-corrected chi connectivity index (χ4v) is 2.61. The van der Waals surface area contributed by atoms with E-state index in [1.54, 1.807) is 11.3 Å². The molecule has 92 valence electrons. The number of nitrogens with zero attached hydrogens (tertiary/aromatic N) is 3. The zero-order chi connectivity index (χ0) is 12.4. The molecule has 0 saturated carbocycles. The average molecular weight is 250 g/mol. The van der Waals surface area contributed by atoms with Crippen LogP contribution in [0.4, 0.5) is 5.82 Å². The third-order valence-electron chi connectivity index (χ3n) is 2.48. The monoisotopic (exact) mass is 250 g/mol. The Labute approximate surface area is 106 Å². The first kappa shape index (κ1) is 12.3. The summed E-state index contributed by atoms with van der Waals surface area (Å²) in [6.45, 7) is 5.93. The van der Waals surface area contributed by atoms with E-state index in [0.717, 1.165) is 34.9 Å². The van der Waals surface area contributed by atoms with E-state index in [1.807, 2.05) is 6.92 Å². The number of hydrogen-bond acceptors (Lipinski definition) is 5. The standard InChI is InChI=1S/C12H18N4S/c1-8-7-10-11(13-5-6-16(3)4)14-9(2)15-12(10)17-8/h7H,5-6H2,1-4H3,(H,13,14,15). The number of aryl methyl sites for hydroxylation is 2. The fourth-order valence-electron chi connectivity index (χ4n) is 1.68. The molecule has 0 saturated heterocycles. The summed E-state index contributed by atoms with van der Waals surface area (Å²) in [5.74, 6) is 1.78. The SMILES string of the molecule is Cc1nc(NCCN(C)C)c2cc(C)sc2n1. The average Bonchev–Trinajstić information content (AvgIpc) is 2.57. The van der Waals surface area contributed by atoms with Gasteiger partial charge in [-0.2, -0.15) is 0 Å². The third-order valence-corrected chi connectivity index (χ3v) is 3.42. The zero-order valence-corrected chi connectivity index (χ0v) is 11.6. The maximum Gasteiger partial charge on any atom is 0.138 e. The molecule has 0 aliphatic heterocycles. The van der Waals surface area contributed by atoms with Gasteiger partial charge in [0.1, 0.15) is 16.5 Å². The highest BCUT2D eigenvalue weighted by molar-refractivity contribution is 7.18. The summed E-state index contributed by atoms with van der Waals surface area (Å²) in [7, 11) is 4.13. The van der Waals surface area contributed by atoms with Crippen molar-refractivity contribution in [2.75, 3.05) is 32.5 Å². The molecule has 0 radical (unpaired) electrons. The fraction of sp³-hybridized carbons (Fsp3) is 0.500. The van der Waals surface area contributed by atoms with Crippen molar-refractivity contribution >= 4 is 27.4 Å². The van der Waals surface area contributed by atoms with E-state index in [0.29, 0.717) is 0 Å². The summed E-state index contributed by atoms with van der Waals surface area (Å²) in [4.78, 5) is 13.4. The first-order valence-corrected chi connectivity index (χ1v) is 6.51. The Morgan fingerprint density at radius 3 is 2.76 bits per heavy atom. The lowest BCUT2D eigenvalue weighted by molar-refractivity contribution is 0.425. The Morgan fingerprint density at radius 2 is 2.06 bits per heavy atom. The molecule has 1 N–H and O–H groups in total. The van der Waals surface area contributed by atoms with E-state index in [-0.39, 0.29) is 0 Å². The highest BCUT2D eigenvalue weighted by atomic mass is 32.1. The number of thiophene rings is 1. The molecule has 4 nitrogen and oxygen atoms in total. The highest BCUT2D eigenvalue weighted by Gasteiger charge is 2.08. The lowest BCUT2D eigenvalue weighted by atomic mass is 10.3. The molecule has 0 fully saturated rings. The molecule has 2 rings (SSSR count). The third kappa shape index (κ3) is 2.92. The molecule has 17 heavy (non-hydrogen) atoms. The molecular formula is C12H18N4S. The van der Waals surface area contributed by atoms with Crippen molar-refractivity contribution in [2.24, 2.45) is 0 Å². The van der Waals surface area contributed by atoms with E-state index in [9.17, 15) is 0 Å². The molecule has 2 aromatic heterocycles. The molecule has 0 amide bonds. The largest absolute Gasteiger partial charge is 0.368 e. The van der Waals surface area contributed by atoms with Crippen LogP contribution >= 0.6 is 11.3 Å². The van der Waals surface area contributed by atoms with Crippen molar-refractivity contribution < 1.29 is 0 Å². The quantitative estimate of drug-likeness (QED) is 0.904. The molecule has 0 aliphatic rings. The van der Waals surface area contributed by atoms with Crippen LogP contribution in [0.2, 0.25) is 0 Å². The lowest BCUT2D eigenvalue weighted by Gasteiger charge is -2.11. The van der Waals surface area contributed by atoms with Crippen LogP contribution in [0.3, 0.4) is 0 Å². The Morgan fingerprint density at radius 1 is 1.29 bits per heavy atom. The summed E-state index contributed by atoms with van der Waals surface area (Å²) < 4.78 is 0. The minimum atomic E-state index is 0.826. The first-order valence-electron chi connectivity index (χ1n) is 5.69. The maximum atomic E-state index is 4.48. The summed E-state index contributed by atoms with van der Waals surface area (Å²) in [6.07, 6.45) is 0. The van der Waals surface area contributed by atoms with Gasteiger partial charge >= 0.3 is 0 Å². The zero-order valence-electron chi connectivity index (χ0n) is 10.7. The van der Waals surface area contributed by atoms with Crippen molar-refractivity contribution in [3.63, 3.8) is 0 Å². The second-order valence-electron chi connectivity index (χ2n) is 4.43. The van der Waals surface area contributed by atoms with E-state index in [4.69, 9.17) is 0 Å². The van der Waals surface area contributed by atoms with E-state index in [2.05, 4.69) is 47.3 Å². The Hall–Kier alpha value is -1.20. The molecule has 0 bridgehead atoms. The normalized spacial score (nSPS) is 11.4. The van der Waals surface area contributed by atoms with Crippen LogP contribution in [0.1, 0.15) is 10.7 Å². The Bertz CT molecular complexity index is 518. The van der Waals surface area contributed by atoms with Gasteiger partial charge in [0.2, 0.25) is 0 Å². The molecule has 5 heteroatoms. The van der Waals surface area contributed by atoms with Crippen LogP contribution in [0.15, 0.2) is 6.07 Å². The Balaban J connectivity index is 2.25. The van der Waals surface area contributed by atoms with Gasteiger partial charge in [-0.05, 0) is 34.0 Å². The van der Waals surface area contributed by atoms with Gasteiger partial charge in [0, 0.05) is 18.0 Å². The number of anilines is 1. The van der Waals surface area contributed by atoms with Crippen LogP contribution in [-0.2, 0) is 0 Å². The van der Waals surface area contributed by atoms with Crippen LogP contribution in [-0.4, -0.2) is 42.1 Å². The predicted octanol–water partition coefficient (Wildman–Crippen LogP) is 2.28. The molecule has 2 heterocycles. The van der Waals surface area contributed by atoms with E-state index >= 15 is 0 Å². The van der Waals surface area contributed by atoms with Crippen molar-refractivity contribution in [3.8, 4) is 0 Å². The molecule has 0 spiro atoms. The van der Waals surface area contributed by atoms with Crippen molar-refractivity contribution in [1.29, 1.82) is 0 Å². The van der Waals surface area contributed by atoms with Gasteiger partial charge in [0.15, 0.2) is 0 Å². The van der Waals surface area contributed by atoms with E-state index in [1.165, 1.54) is 4.88 Å². The summed E-state index contributed by atoms with van der Waals surface area (Å²) in [5, 5.41) is 4.52. The predicted molar refractivity (Wildman–Crippen MR) is 73.9 cm³/mol. The number of aromatic nitrogens is 2. The Kier molecular flexibility index (Phi) is 3.59. The molecule has 0 aliphatic carbocycles. The number of rotatable bonds is 4. The van der Waals surface area contributed by atoms with Crippen LogP contribution in [0, 0.1) is 13.8 Å². The molecular weight excluding hydrogens is 232 g/mol.